The number of aromatic nitrogens is 1. The van der Waals surface area contributed by atoms with Gasteiger partial charge in [0.1, 0.15) is 0 Å². The van der Waals surface area contributed by atoms with E-state index in [1.807, 2.05) is 6.07 Å². The number of aromatic amines is 1. The Bertz CT molecular complexity index is 930. The molecule has 0 spiro atoms. The van der Waals surface area contributed by atoms with Gasteiger partial charge in [0.25, 0.3) is 0 Å². The Balaban J connectivity index is 1.87. The van der Waals surface area contributed by atoms with Crippen molar-refractivity contribution in [2.75, 3.05) is 0 Å². The quantitative estimate of drug-likeness (QED) is 0.463. The summed E-state index contributed by atoms with van der Waals surface area (Å²) in [6.45, 7) is 0. The lowest BCUT2D eigenvalue weighted by Gasteiger charge is -1.97. The highest BCUT2D eigenvalue weighted by Crippen LogP contribution is 2.28. The van der Waals surface area contributed by atoms with Gasteiger partial charge in [-0.15, -0.1) is 0 Å². The van der Waals surface area contributed by atoms with Gasteiger partial charge in [0, 0.05) is 16.3 Å². The average molecular weight is 269 g/mol. The van der Waals surface area contributed by atoms with Crippen LogP contribution in [0.2, 0.25) is 0 Å². The molecule has 0 unspecified atom stereocenters. The summed E-state index contributed by atoms with van der Waals surface area (Å²) in [5.74, 6) is 0. The Labute approximate surface area is 123 Å². The standard InChI is InChI=1S/C20H15N/c1-2-7-15(8-3-1)13-14-16-9-6-11-18-17-10-4-5-12-19(17)21-20(16)18/h1-14,21H. The molecule has 4 aromatic rings. The summed E-state index contributed by atoms with van der Waals surface area (Å²) < 4.78 is 0. The van der Waals surface area contributed by atoms with Gasteiger partial charge in [0.2, 0.25) is 0 Å². The van der Waals surface area contributed by atoms with Gasteiger partial charge < -0.3 is 4.98 Å². The van der Waals surface area contributed by atoms with Gasteiger partial charge in [0.15, 0.2) is 0 Å². The summed E-state index contributed by atoms with van der Waals surface area (Å²) in [5, 5.41) is 2.56. The molecule has 1 N–H and O–H groups in total. The van der Waals surface area contributed by atoms with Crippen molar-refractivity contribution in [3.8, 4) is 0 Å². The summed E-state index contributed by atoms with van der Waals surface area (Å²) in [5.41, 5.74) is 4.82. The first-order valence-corrected chi connectivity index (χ1v) is 7.14. The Morgan fingerprint density at radius 1 is 0.619 bits per heavy atom. The zero-order valence-corrected chi connectivity index (χ0v) is 11.6. The first kappa shape index (κ1) is 12.0. The number of rotatable bonds is 2. The molecule has 1 nitrogen and oxygen atoms in total. The highest BCUT2D eigenvalue weighted by Gasteiger charge is 2.05. The van der Waals surface area contributed by atoms with Crippen LogP contribution in [0, 0.1) is 0 Å². The van der Waals surface area contributed by atoms with E-state index in [0.717, 1.165) is 0 Å². The maximum Gasteiger partial charge on any atom is 0.0538 e. The van der Waals surface area contributed by atoms with E-state index in [1.54, 1.807) is 0 Å². The van der Waals surface area contributed by atoms with Crippen LogP contribution in [-0.2, 0) is 0 Å². The van der Waals surface area contributed by atoms with Gasteiger partial charge in [-0.05, 0) is 17.2 Å². The van der Waals surface area contributed by atoms with E-state index in [1.165, 1.54) is 32.9 Å². The molecule has 21 heavy (non-hydrogen) atoms. The Hall–Kier alpha value is -2.80. The van der Waals surface area contributed by atoms with Gasteiger partial charge in [-0.2, -0.15) is 0 Å². The molecular weight excluding hydrogens is 254 g/mol. The fraction of sp³-hybridized carbons (Fsp3) is 0. The molecule has 0 atom stereocenters. The number of hydrogen-bond acceptors (Lipinski definition) is 0. The molecule has 3 aromatic carbocycles. The van der Waals surface area contributed by atoms with Gasteiger partial charge >= 0.3 is 0 Å². The van der Waals surface area contributed by atoms with Crippen molar-refractivity contribution in [1.29, 1.82) is 0 Å². The molecule has 0 saturated heterocycles. The molecule has 100 valence electrons. The fourth-order valence-electron chi connectivity index (χ4n) is 2.78. The maximum absolute atomic E-state index is 3.53. The van der Waals surface area contributed by atoms with Gasteiger partial charge in [-0.25, -0.2) is 0 Å². The fourth-order valence-corrected chi connectivity index (χ4v) is 2.78. The van der Waals surface area contributed by atoms with Crippen LogP contribution in [0.4, 0.5) is 0 Å². The molecular formula is C20H15N. The molecule has 0 bridgehead atoms. The molecule has 1 aromatic heterocycles. The number of para-hydroxylation sites is 2. The second-order valence-corrected chi connectivity index (χ2v) is 5.18. The minimum atomic E-state index is 1.19. The predicted octanol–water partition coefficient (Wildman–Crippen LogP) is 5.49. The Kier molecular flexibility index (Phi) is 2.82. The van der Waals surface area contributed by atoms with Gasteiger partial charge in [0.05, 0.1) is 5.52 Å². The SMILES string of the molecule is C(=Cc1cccc2c1[nH]c1ccccc12)c1ccccc1. The van der Waals surface area contributed by atoms with Crippen LogP contribution in [0.5, 0.6) is 0 Å². The molecule has 0 aliphatic rings. The largest absolute Gasteiger partial charge is 0.354 e. The van der Waals surface area contributed by atoms with Crippen LogP contribution in [0.3, 0.4) is 0 Å². The lowest BCUT2D eigenvalue weighted by atomic mass is 10.1. The van der Waals surface area contributed by atoms with Crippen molar-refractivity contribution in [2.24, 2.45) is 0 Å². The van der Waals surface area contributed by atoms with E-state index >= 15 is 0 Å². The van der Waals surface area contributed by atoms with Crippen molar-refractivity contribution < 1.29 is 0 Å². The normalized spacial score (nSPS) is 11.6. The third-order valence-corrected chi connectivity index (χ3v) is 3.83. The van der Waals surface area contributed by atoms with Crippen LogP contribution in [0.1, 0.15) is 11.1 Å². The van der Waals surface area contributed by atoms with Crippen LogP contribution >= 0.6 is 0 Å². The monoisotopic (exact) mass is 269 g/mol. The molecule has 1 heterocycles. The second kappa shape index (κ2) is 4.95. The van der Waals surface area contributed by atoms with Crippen LogP contribution in [-0.4, -0.2) is 4.98 Å². The lowest BCUT2D eigenvalue weighted by molar-refractivity contribution is 1.53. The molecule has 0 saturated carbocycles. The molecule has 1 heteroatoms. The molecule has 4 rings (SSSR count). The smallest absolute Gasteiger partial charge is 0.0538 e. The van der Waals surface area contributed by atoms with E-state index in [9.17, 15) is 0 Å². The third-order valence-electron chi connectivity index (χ3n) is 3.83. The number of fused-ring (bicyclic) bond motifs is 3. The number of H-pyrrole nitrogens is 1. The summed E-state index contributed by atoms with van der Waals surface area (Å²) in [6, 6.07) is 25.3. The van der Waals surface area contributed by atoms with E-state index in [0.29, 0.717) is 0 Å². The molecule has 0 aliphatic heterocycles. The summed E-state index contributed by atoms with van der Waals surface area (Å²) >= 11 is 0. The van der Waals surface area contributed by atoms with Gasteiger partial charge in [-0.1, -0.05) is 78.9 Å². The first-order chi connectivity index (χ1) is 10.4. The Morgan fingerprint density at radius 3 is 2.29 bits per heavy atom. The maximum atomic E-state index is 3.53. The van der Waals surface area contributed by atoms with Crippen molar-refractivity contribution in [3.05, 3.63) is 83.9 Å². The van der Waals surface area contributed by atoms with Crippen LogP contribution < -0.4 is 0 Å². The minimum Gasteiger partial charge on any atom is -0.354 e. The average Bonchev–Trinajstić information content (AvgIpc) is 2.93. The topological polar surface area (TPSA) is 15.8 Å². The molecule has 0 radical (unpaired) electrons. The highest BCUT2D eigenvalue weighted by molar-refractivity contribution is 6.09. The lowest BCUT2D eigenvalue weighted by Crippen LogP contribution is -1.76. The van der Waals surface area contributed by atoms with E-state index in [4.69, 9.17) is 0 Å². The number of hydrogen-bond donors (Lipinski definition) is 1. The summed E-state index contributed by atoms with van der Waals surface area (Å²) in [6.07, 6.45) is 4.33. The minimum absolute atomic E-state index is 1.19. The van der Waals surface area contributed by atoms with Crippen molar-refractivity contribution >= 4 is 34.0 Å². The molecule has 0 amide bonds. The van der Waals surface area contributed by atoms with Gasteiger partial charge in [-0.3, -0.25) is 0 Å². The zero-order valence-electron chi connectivity index (χ0n) is 11.6. The van der Waals surface area contributed by atoms with Crippen LogP contribution in [0.15, 0.2) is 72.8 Å². The van der Waals surface area contributed by atoms with E-state index < -0.39 is 0 Å². The Morgan fingerprint density at radius 2 is 1.38 bits per heavy atom. The molecule has 0 aliphatic carbocycles. The highest BCUT2D eigenvalue weighted by atomic mass is 14.7. The van der Waals surface area contributed by atoms with Crippen molar-refractivity contribution in [3.63, 3.8) is 0 Å². The number of benzene rings is 3. The zero-order chi connectivity index (χ0) is 14.1. The second-order valence-electron chi connectivity index (χ2n) is 5.18. The predicted molar refractivity (Wildman–Crippen MR) is 91.2 cm³/mol. The third kappa shape index (κ3) is 2.13. The summed E-state index contributed by atoms with van der Waals surface area (Å²) in [4.78, 5) is 3.53. The first-order valence-electron chi connectivity index (χ1n) is 7.14. The summed E-state index contributed by atoms with van der Waals surface area (Å²) in [7, 11) is 0. The molecule has 0 fully saturated rings. The van der Waals surface area contributed by atoms with Crippen molar-refractivity contribution in [1.82, 2.24) is 4.98 Å². The number of nitrogens with one attached hydrogen (secondary N) is 1. The van der Waals surface area contributed by atoms with E-state index in [-0.39, 0.29) is 0 Å². The van der Waals surface area contributed by atoms with Crippen molar-refractivity contribution in [2.45, 2.75) is 0 Å². The van der Waals surface area contributed by atoms with E-state index in [2.05, 4.69) is 83.9 Å². The van der Waals surface area contributed by atoms with Crippen LogP contribution in [0.25, 0.3) is 34.0 Å².